The number of carbonyl (C=O) groups is 1. The van der Waals surface area contributed by atoms with Crippen LogP contribution in [0.2, 0.25) is 0 Å². The smallest absolute Gasteiger partial charge is 0.324 e. The van der Waals surface area contributed by atoms with Crippen LogP contribution < -0.4 is 0 Å². The van der Waals surface area contributed by atoms with Crippen LogP contribution in [0, 0.1) is 34.5 Å². The van der Waals surface area contributed by atoms with E-state index < -0.39 is 11.4 Å². The highest BCUT2D eigenvalue weighted by Gasteiger charge is 2.61. The van der Waals surface area contributed by atoms with Gasteiger partial charge in [0, 0.05) is 0 Å². The fraction of sp³-hybridized carbons (Fsp3) is 0.818. The Balaban J connectivity index is 2.92. The Hall–Kier alpha value is -1.04. The normalized spacial score (nSPS) is 34.3. The molecule has 78 valence electrons. The van der Waals surface area contributed by atoms with E-state index in [0.29, 0.717) is 18.3 Å². The summed E-state index contributed by atoms with van der Waals surface area (Å²) in [6.07, 6.45) is 1.38. The van der Waals surface area contributed by atoms with Crippen molar-refractivity contribution in [2.75, 3.05) is 0 Å². The molecular weight excluding hydrogens is 178 g/mol. The average molecular weight is 195 g/mol. The first-order chi connectivity index (χ1) is 6.55. The Morgan fingerprint density at radius 1 is 1.57 bits per heavy atom. The van der Waals surface area contributed by atoms with Gasteiger partial charge in [0.15, 0.2) is 5.41 Å². The van der Waals surface area contributed by atoms with Crippen LogP contribution in [0.15, 0.2) is 0 Å². The lowest BCUT2D eigenvalue weighted by Gasteiger charge is -2.20. The second-order valence-corrected chi connectivity index (χ2v) is 4.20. The van der Waals surface area contributed by atoms with E-state index in [2.05, 4.69) is 6.92 Å². The zero-order valence-electron chi connectivity index (χ0n) is 8.95. The van der Waals surface area contributed by atoms with Crippen molar-refractivity contribution in [3.8, 4) is 6.07 Å². The molecule has 0 aromatic heterocycles. The van der Waals surface area contributed by atoms with Crippen LogP contribution in [-0.4, -0.2) is 11.1 Å². The van der Waals surface area contributed by atoms with Crippen LogP contribution in [0.25, 0.3) is 0 Å². The van der Waals surface area contributed by atoms with Crippen LogP contribution >= 0.6 is 0 Å². The summed E-state index contributed by atoms with van der Waals surface area (Å²) in [5, 5.41) is 18.2. The van der Waals surface area contributed by atoms with Crippen molar-refractivity contribution in [3.63, 3.8) is 0 Å². The van der Waals surface area contributed by atoms with Gasteiger partial charge in [-0.3, -0.25) is 4.79 Å². The van der Waals surface area contributed by atoms with Gasteiger partial charge in [-0.15, -0.1) is 0 Å². The lowest BCUT2D eigenvalue weighted by atomic mass is 9.80. The molecule has 14 heavy (non-hydrogen) atoms. The maximum absolute atomic E-state index is 11.1. The van der Waals surface area contributed by atoms with Gasteiger partial charge in [-0.2, -0.15) is 5.26 Å². The molecule has 0 bridgehead atoms. The predicted molar refractivity (Wildman–Crippen MR) is 52.4 cm³/mol. The van der Waals surface area contributed by atoms with Crippen molar-refractivity contribution in [3.05, 3.63) is 0 Å². The average Bonchev–Trinajstić information content (AvgIpc) is 2.80. The molecule has 0 heterocycles. The Morgan fingerprint density at radius 3 is 2.36 bits per heavy atom. The lowest BCUT2D eigenvalue weighted by molar-refractivity contribution is -0.147. The number of carboxylic acids is 1. The van der Waals surface area contributed by atoms with Crippen LogP contribution in [0.5, 0.6) is 0 Å². The molecule has 0 aliphatic heterocycles. The second-order valence-electron chi connectivity index (χ2n) is 4.20. The number of nitrogens with zero attached hydrogens (tertiary/aromatic N) is 1. The minimum absolute atomic E-state index is 0.0556. The number of aliphatic carboxylic acids is 1. The molecule has 0 radical (unpaired) electrons. The summed E-state index contributed by atoms with van der Waals surface area (Å²) in [5.74, 6) is -0.0864. The Labute approximate surface area is 84.7 Å². The Kier molecular flexibility index (Phi) is 2.84. The molecule has 1 aliphatic carbocycles. The Morgan fingerprint density at radius 2 is 2.14 bits per heavy atom. The topological polar surface area (TPSA) is 61.1 Å². The maximum Gasteiger partial charge on any atom is 0.324 e. The van der Waals surface area contributed by atoms with Crippen LogP contribution in [-0.2, 0) is 4.79 Å². The Bertz CT molecular complexity index is 282. The maximum atomic E-state index is 11.1. The summed E-state index contributed by atoms with van der Waals surface area (Å²) in [6, 6.07) is 2.02. The van der Waals surface area contributed by atoms with Gasteiger partial charge >= 0.3 is 5.97 Å². The molecule has 1 N–H and O–H groups in total. The van der Waals surface area contributed by atoms with Crippen molar-refractivity contribution in [1.29, 1.82) is 5.26 Å². The van der Waals surface area contributed by atoms with Crippen LogP contribution in [0.1, 0.15) is 33.6 Å². The minimum atomic E-state index is -1.14. The van der Waals surface area contributed by atoms with E-state index in [-0.39, 0.29) is 5.92 Å². The molecule has 0 spiro atoms. The molecule has 0 saturated heterocycles. The van der Waals surface area contributed by atoms with Gasteiger partial charge in [-0.1, -0.05) is 27.2 Å². The molecule has 0 aromatic rings. The van der Waals surface area contributed by atoms with Gasteiger partial charge < -0.3 is 5.11 Å². The quantitative estimate of drug-likeness (QED) is 0.748. The fourth-order valence-electron chi connectivity index (χ4n) is 2.72. The lowest BCUT2D eigenvalue weighted by Crippen LogP contribution is -2.32. The third-order valence-electron chi connectivity index (χ3n) is 3.74. The standard InChI is InChI=1S/C11H17NO2/c1-4-8-7(3)9(8)11(5-2,6-12)10(13)14/h7-9H,4-5H2,1-3H3,(H,13,14). The van der Waals surface area contributed by atoms with E-state index in [1.807, 2.05) is 13.0 Å². The van der Waals surface area contributed by atoms with E-state index >= 15 is 0 Å². The number of rotatable bonds is 4. The van der Waals surface area contributed by atoms with Crippen molar-refractivity contribution in [2.45, 2.75) is 33.6 Å². The van der Waals surface area contributed by atoms with E-state index in [4.69, 9.17) is 10.4 Å². The summed E-state index contributed by atoms with van der Waals surface area (Å²) in [4.78, 5) is 11.1. The van der Waals surface area contributed by atoms with Crippen molar-refractivity contribution in [2.24, 2.45) is 23.2 Å². The highest BCUT2D eigenvalue weighted by Crippen LogP contribution is 2.58. The molecule has 1 saturated carbocycles. The number of hydrogen-bond donors (Lipinski definition) is 1. The molecule has 3 nitrogen and oxygen atoms in total. The summed E-state index contributed by atoms with van der Waals surface area (Å²) in [6.45, 7) is 5.89. The molecule has 4 atom stereocenters. The third-order valence-corrected chi connectivity index (χ3v) is 3.74. The van der Waals surface area contributed by atoms with Crippen molar-refractivity contribution >= 4 is 5.97 Å². The molecule has 1 fully saturated rings. The predicted octanol–water partition coefficient (Wildman–Crippen LogP) is 2.28. The van der Waals surface area contributed by atoms with Gasteiger partial charge in [-0.05, 0) is 24.2 Å². The number of carboxylic acid groups (broad SMARTS) is 1. The van der Waals surface area contributed by atoms with Crippen molar-refractivity contribution in [1.82, 2.24) is 0 Å². The first-order valence-electron chi connectivity index (χ1n) is 5.19. The van der Waals surface area contributed by atoms with Gasteiger partial charge in [0.25, 0.3) is 0 Å². The molecular formula is C11H17NO2. The van der Waals surface area contributed by atoms with E-state index in [0.717, 1.165) is 6.42 Å². The molecule has 0 aromatic carbocycles. The van der Waals surface area contributed by atoms with E-state index in [1.54, 1.807) is 6.92 Å². The monoisotopic (exact) mass is 195 g/mol. The van der Waals surface area contributed by atoms with Crippen LogP contribution in [0.4, 0.5) is 0 Å². The molecule has 1 aliphatic rings. The SMILES string of the molecule is CCC1C(C)C1C(C#N)(CC)C(=O)O. The highest BCUT2D eigenvalue weighted by molar-refractivity contribution is 5.79. The molecule has 1 rings (SSSR count). The fourth-order valence-corrected chi connectivity index (χ4v) is 2.72. The molecule has 3 heteroatoms. The molecule has 0 amide bonds. The summed E-state index contributed by atoms with van der Waals surface area (Å²) >= 11 is 0. The molecule has 4 unspecified atom stereocenters. The number of nitriles is 1. The van der Waals surface area contributed by atoms with Gasteiger partial charge in [0.2, 0.25) is 0 Å². The van der Waals surface area contributed by atoms with E-state index in [9.17, 15) is 4.79 Å². The second kappa shape index (κ2) is 3.61. The first kappa shape index (κ1) is 11.0. The summed E-state index contributed by atoms with van der Waals surface area (Å²) < 4.78 is 0. The van der Waals surface area contributed by atoms with Crippen molar-refractivity contribution < 1.29 is 9.90 Å². The summed E-state index contributed by atoms with van der Waals surface area (Å²) in [5.41, 5.74) is -1.14. The van der Waals surface area contributed by atoms with E-state index in [1.165, 1.54) is 0 Å². The van der Waals surface area contributed by atoms with Gasteiger partial charge in [0.1, 0.15) is 0 Å². The van der Waals surface area contributed by atoms with Gasteiger partial charge in [0.05, 0.1) is 6.07 Å². The third kappa shape index (κ3) is 1.30. The van der Waals surface area contributed by atoms with Gasteiger partial charge in [-0.25, -0.2) is 0 Å². The highest BCUT2D eigenvalue weighted by atomic mass is 16.4. The number of hydrogen-bond acceptors (Lipinski definition) is 2. The summed E-state index contributed by atoms with van der Waals surface area (Å²) in [7, 11) is 0. The van der Waals surface area contributed by atoms with Crippen LogP contribution in [0.3, 0.4) is 0 Å². The largest absolute Gasteiger partial charge is 0.480 e. The zero-order valence-corrected chi connectivity index (χ0v) is 8.95. The zero-order chi connectivity index (χ0) is 10.9. The first-order valence-corrected chi connectivity index (χ1v) is 5.19. The minimum Gasteiger partial charge on any atom is -0.480 e.